The van der Waals surface area contributed by atoms with Crippen molar-refractivity contribution in [1.29, 1.82) is 0 Å². The van der Waals surface area contributed by atoms with Gasteiger partial charge in [0, 0.05) is 15.7 Å². The number of nitrogens with one attached hydrogen (secondary N) is 1. The van der Waals surface area contributed by atoms with E-state index < -0.39 is 0 Å². The van der Waals surface area contributed by atoms with Gasteiger partial charge in [0.2, 0.25) is 0 Å². The number of anilines is 2. The summed E-state index contributed by atoms with van der Waals surface area (Å²) in [6.07, 6.45) is 0. The highest BCUT2D eigenvalue weighted by Crippen LogP contribution is 2.35. The van der Waals surface area contributed by atoms with E-state index in [2.05, 4.69) is 21.2 Å². The van der Waals surface area contributed by atoms with Crippen LogP contribution < -0.4 is 11.1 Å². The van der Waals surface area contributed by atoms with Gasteiger partial charge in [-0.1, -0.05) is 47.6 Å². The second kappa shape index (κ2) is 6.09. The molecule has 0 aliphatic carbocycles. The zero-order valence-corrected chi connectivity index (χ0v) is 13.5. The van der Waals surface area contributed by atoms with E-state index in [0.29, 0.717) is 21.3 Å². The van der Waals surface area contributed by atoms with Crippen LogP contribution in [0.15, 0.2) is 40.9 Å². The summed E-state index contributed by atoms with van der Waals surface area (Å²) in [5, 5.41) is 4.23. The van der Waals surface area contributed by atoms with E-state index in [-0.39, 0.29) is 4.99 Å². The number of nitrogens with two attached hydrogens (primary N) is 1. The number of para-hydroxylation sites is 1. The Hall–Kier alpha value is -0.810. The first kappa shape index (κ1) is 14.6. The third kappa shape index (κ3) is 3.20. The lowest BCUT2D eigenvalue weighted by Gasteiger charge is -2.14. The number of hydrogen-bond acceptors (Lipinski definition) is 2. The molecule has 2 aromatic carbocycles. The Bertz CT molecular complexity index is 626. The quantitative estimate of drug-likeness (QED) is 0.730. The van der Waals surface area contributed by atoms with Crippen molar-refractivity contribution in [3.05, 3.63) is 56.5 Å². The van der Waals surface area contributed by atoms with E-state index >= 15 is 0 Å². The van der Waals surface area contributed by atoms with Crippen molar-refractivity contribution < 1.29 is 0 Å². The summed E-state index contributed by atoms with van der Waals surface area (Å²) in [6.45, 7) is 0. The monoisotopic (exact) mass is 374 g/mol. The van der Waals surface area contributed by atoms with E-state index in [9.17, 15) is 0 Å². The summed E-state index contributed by atoms with van der Waals surface area (Å²) in [6, 6.07) is 10.9. The number of hydrogen-bond donors (Lipinski definition) is 2. The first-order chi connectivity index (χ1) is 9.00. The fourth-order valence-electron chi connectivity index (χ4n) is 1.63. The summed E-state index contributed by atoms with van der Waals surface area (Å²) in [5.41, 5.74) is 7.83. The van der Waals surface area contributed by atoms with Gasteiger partial charge in [0.1, 0.15) is 4.99 Å². The molecule has 2 nitrogen and oxygen atoms in total. The minimum atomic E-state index is 0.290. The van der Waals surface area contributed by atoms with Crippen molar-refractivity contribution in [3.8, 4) is 0 Å². The summed E-state index contributed by atoms with van der Waals surface area (Å²) < 4.78 is 0.813. The van der Waals surface area contributed by atoms with Crippen molar-refractivity contribution in [2.24, 2.45) is 5.73 Å². The van der Waals surface area contributed by atoms with E-state index in [1.54, 1.807) is 18.2 Å². The molecule has 0 unspecified atom stereocenters. The van der Waals surface area contributed by atoms with Gasteiger partial charge in [0.25, 0.3) is 0 Å². The Labute approximate surface area is 135 Å². The summed E-state index contributed by atoms with van der Waals surface area (Å²) >= 11 is 20.7. The van der Waals surface area contributed by atoms with Gasteiger partial charge in [-0.2, -0.15) is 0 Å². The molecule has 0 saturated carbocycles. The minimum Gasteiger partial charge on any atom is -0.389 e. The average Bonchev–Trinajstić information content (AvgIpc) is 2.33. The highest BCUT2D eigenvalue weighted by molar-refractivity contribution is 9.10. The first-order valence-corrected chi connectivity index (χ1v) is 7.25. The SMILES string of the molecule is NC(=S)c1c(Br)cccc1Nc1c(Cl)cccc1Cl. The van der Waals surface area contributed by atoms with E-state index in [0.717, 1.165) is 10.2 Å². The highest BCUT2D eigenvalue weighted by atomic mass is 79.9. The van der Waals surface area contributed by atoms with Crippen LogP contribution in [0.3, 0.4) is 0 Å². The molecule has 19 heavy (non-hydrogen) atoms. The Morgan fingerprint density at radius 3 is 2.26 bits per heavy atom. The molecule has 0 atom stereocenters. The normalized spacial score (nSPS) is 10.3. The second-order valence-corrected chi connectivity index (χ2v) is 5.86. The second-order valence-electron chi connectivity index (χ2n) is 3.75. The number of benzene rings is 2. The van der Waals surface area contributed by atoms with Gasteiger partial charge in [-0.3, -0.25) is 0 Å². The molecule has 2 rings (SSSR count). The van der Waals surface area contributed by atoms with Crippen LogP contribution >= 0.6 is 51.3 Å². The van der Waals surface area contributed by atoms with Gasteiger partial charge < -0.3 is 11.1 Å². The lowest BCUT2D eigenvalue weighted by atomic mass is 10.1. The van der Waals surface area contributed by atoms with E-state index in [1.807, 2.05) is 18.2 Å². The molecule has 3 N–H and O–H groups in total. The molecule has 0 fully saturated rings. The van der Waals surface area contributed by atoms with E-state index in [4.69, 9.17) is 41.2 Å². The molecule has 0 radical (unpaired) electrons. The molecule has 0 aliphatic heterocycles. The molecule has 0 aliphatic rings. The van der Waals surface area contributed by atoms with Gasteiger partial charge in [0.15, 0.2) is 0 Å². The van der Waals surface area contributed by atoms with Crippen molar-refractivity contribution in [3.63, 3.8) is 0 Å². The molecule has 0 saturated heterocycles. The van der Waals surface area contributed by atoms with Crippen LogP contribution in [-0.4, -0.2) is 4.99 Å². The topological polar surface area (TPSA) is 38.0 Å². The standard InChI is InChI=1S/C13H9BrCl2N2S/c14-7-3-1-6-10(11(7)13(17)19)18-12-8(15)4-2-5-9(12)16/h1-6,18H,(H2,17,19). The van der Waals surface area contributed by atoms with Crippen LogP contribution in [0.1, 0.15) is 5.56 Å². The fourth-order valence-corrected chi connectivity index (χ4v) is 3.05. The third-order valence-electron chi connectivity index (χ3n) is 2.48. The summed E-state index contributed by atoms with van der Waals surface area (Å²) in [4.78, 5) is 0.290. The molecule has 6 heteroatoms. The predicted octanol–water partition coefficient (Wildman–Crippen LogP) is 5.13. The molecule has 0 aromatic heterocycles. The van der Waals surface area contributed by atoms with Gasteiger partial charge in [-0.25, -0.2) is 0 Å². The average molecular weight is 376 g/mol. The highest BCUT2D eigenvalue weighted by Gasteiger charge is 2.12. The fraction of sp³-hybridized carbons (Fsp3) is 0. The molecular formula is C13H9BrCl2N2S. The zero-order valence-electron chi connectivity index (χ0n) is 9.58. The maximum absolute atomic E-state index is 6.13. The minimum absolute atomic E-state index is 0.290. The molecule has 2 aromatic rings. The van der Waals surface area contributed by atoms with Gasteiger partial charge in [-0.05, 0) is 40.2 Å². The number of halogens is 3. The maximum Gasteiger partial charge on any atom is 0.107 e. The maximum atomic E-state index is 6.13. The molecular weight excluding hydrogens is 367 g/mol. The van der Waals surface area contributed by atoms with Crippen molar-refractivity contribution in [2.75, 3.05) is 5.32 Å². The first-order valence-electron chi connectivity index (χ1n) is 5.30. The molecule has 0 heterocycles. The lowest BCUT2D eigenvalue weighted by molar-refractivity contribution is 1.50. The van der Waals surface area contributed by atoms with E-state index in [1.165, 1.54) is 0 Å². The Morgan fingerprint density at radius 1 is 1.11 bits per heavy atom. The molecule has 98 valence electrons. The van der Waals surface area contributed by atoms with Crippen molar-refractivity contribution >= 4 is 67.7 Å². The van der Waals surface area contributed by atoms with Crippen LogP contribution in [0.4, 0.5) is 11.4 Å². The van der Waals surface area contributed by atoms with Crippen molar-refractivity contribution in [2.45, 2.75) is 0 Å². The number of thiocarbonyl (C=S) groups is 1. The molecule has 0 spiro atoms. The lowest BCUT2D eigenvalue weighted by Crippen LogP contribution is -2.13. The Morgan fingerprint density at radius 2 is 1.68 bits per heavy atom. The summed E-state index contributed by atoms with van der Waals surface area (Å²) in [5.74, 6) is 0. The van der Waals surface area contributed by atoms with Crippen LogP contribution in [-0.2, 0) is 0 Å². The van der Waals surface area contributed by atoms with Crippen LogP contribution in [0, 0.1) is 0 Å². The molecule has 0 amide bonds. The number of rotatable bonds is 3. The van der Waals surface area contributed by atoms with Crippen molar-refractivity contribution in [1.82, 2.24) is 0 Å². The Balaban J connectivity index is 2.50. The van der Waals surface area contributed by atoms with Crippen LogP contribution in [0.5, 0.6) is 0 Å². The predicted molar refractivity (Wildman–Crippen MR) is 89.8 cm³/mol. The molecule has 0 bridgehead atoms. The van der Waals surface area contributed by atoms with Gasteiger partial charge in [-0.15, -0.1) is 0 Å². The van der Waals surface area contributed by atoms with Gasteiger partial charge in [0.05, 0.1) is 15.7 Å². The largest absolute Gasteiger partial charge is 0.389 e. The Kier molecular flexibility index (Phi) is 4.68. The van der Waals surface area contributed by atoms with Crippen LogP contribution in [0.2, 0.25) is 10.0 Å². The zero-order chi connectivity index (χ0) is 14.0. The van der Waals surface area contributed by atoms with Crippen LogP contribution in [0.25, 0.3) is 0 Å². The summed E-state index contributed by atoms with van der Waals surface area (Å²) in [7, 11) is 0. The smallest absolute Gasteiger partial charge is 0.107 e. The van der Waals surface area contributed by atoms with Gasteiger partial charge >= 0.3 is 0 Å². The third-order valence-corrected chi connectivity index (χ3v) is 3.98.